The molecule has 0 radical (unpaired) electrons. The van der Waals surface area contributed by atoms with Gasteiger partial charge in [-0.05, 0) is 18.5 Å². The van der Waals surface area contributed by atoms with Crippen LogP contribution in [0.2, 0.25) is 0 Å². The highest BCUT2D eigenvalue weighted by atomic mass is 16.5. The first-order valence-electron chi connectivity index (χ1n) is 6.62. The first kappa shape index (κ1) is 15.7. The van der Waals surface area contributed by atoms with Crippen LogP contribution in [-0.4, -0.2) is 41.8 Å². The highest BCUT2D eigenvalue weighted by molar-refractivity contribution is 5.79. The van der Waals surface area contributed by atoms with Crippen molar-refractivity contribution in [2.75, 3.05) is 20.2 Å². The second-order valence-electron chi connectivity index (χ2n) is 4.67. The molecule has 0 aliphatic heterocycles. The van der Waals surface area contributed by atoms with E-state index in [9.17, 15) is 9.90 Å². The fourth-order valence-corrected chi connectivity index (χ4v) is 2.00. The Labute approximate surface area is 115 Å². The Hall–Kier alpha value is -1.39. The first-order valence-corrected chi connectivity index (χ1v) is 6.62. The monoisotopic (exact) mass is 265 g/mol. The van der Waals surface area contributed by atoms with Crippen LogP contribution in [0.25, 0.3) is 0 Å². The Kier molecular flexibility index (Phi) is 5.99. The molecule has 4 heteroatoms. The number of ether oxygens (including phenoxy) is 1. The van der Waals surface area contributed by atoms with Gasteiger partial charge in [0.25, 0.3) is 0 Å². The van der Waals surface area contributed by atoms with Gasteiger partial charge in [-0.25, -0.2) is 4.79 Å². The summed E-state index contributed by atoms with van der Waals surface area (Å²) < 4.78 is 4.69. The van der Waals surface area contributed by atoms with Crippen LogP contribution in [0.4, 0.5) is 0 Å². The summed E-state index contributed by atoms with van der Waals surface area (Å²) in [6.07, 6.45) is 0.338. The second kappa shape index (κ2) is 7.26. The average Bonchev–Trinajstić information content (AvgIpc) is 2.46. The molecule has 4 nitrogen and oxygen atoms in total. The number of benzene rings is 1. The molecule has 0 aliphatic rings. The number of carbonyl (C=O) groups excluding carboxylic acids is 1. The average molecular weight is 265 g/mol. The van der Waals surface area contributed by atoms with E-state index in [1.54, 1.807) is 6.92 Å². The number of nitrogens with zero attached hydrogens (tertiary/aromatic N) is 1. The fraction of sp³-hybridized carbons (Fsp3) is 0.533. The maximum Gasteiger partial charge on any atom is 0.339 e. The number of rotatable bonds is 7. The minimum atomic E-state index is -1.43. The maximum atomic E-state index is 11.7. The predicted molar refractivity (Wildman–Crippen MR) is 74.6 cm³/mol. The molecule has 1 rings (SSSR count). The Morgan fingerprint density at radius 2 is 1.95 bits per heavy atom. The normalized spacial score (nSPS) is 14.2. The topological polar surface area (TPSA) is 49.8 Å². The van der Waals surface area contributed by atoms with Gasteiger partial charge in [0, 0.05) is 13.1 Å². The highest BCUT2D eigenvalue weighted by Crippen LogP contribution is 2.16. The molecule has 0 saturated heterocycles. The Balaban J connectivity index is 2.73. The lowest BCUT2D eigenvalue weighted by Crippen LogP contribution is -2.49. The van der Waals surface area contributed by atoms with Gasteiger partial charge in [0.05, 0.1) is 7.11 Å². The van der Waals surface area contributed by atoms with Gasteiger partial charge in [-0.2, -0.15) is 0 Å². The van der Waals surface area contributed by atoms with Crippen molar-refractivity contribution in [3.8, 4) is 0 Å². The maximum absolute atomic E-state index is 11.7. The molecule has 1 atom stereocenters. The molecule has 0 saturated carbocycles. The number of hydrogen-bond acceptors (Lipinski definition) is 4. The van der Waals surface area contributed by atoms with Gasteiger partial charge in [0.1, 0.15) is 0 Å². The molecule has 106 valence electrons. The third kappa shape index (κ3) is 4.33. The van der Waals surface area contributed by atoms with Crippen molar-refractivity contribution in [2.24, 2.45) is 0 Å². The quantitative estimate of drug-likeness (QED) is 0.764. The van der Waals surface area contributed by atoms with Gasteiger partial charge >= 0.3 is 5.97 Å². The number of esters is 1. The van der Waals surface area contributed by atoms with Gasteiger partial charge in [-0.3, -0.25) is 4.90 Å². The van der Waals surface area contributed by atoms with Crippen molar-refractivity contribution < 1.29 is 14.6 Å². The third-order valence-electron chi connectivity index (χ3n) is 3.33. The molecule has 1 unspecified atom stereocenters. The molecule has 1 aromatic carbocycles. The molecule has 0 heterocycles. The summed E-state index contributed by atoms with van der Waals surface area (Å²) in [5, 5.41) is 10.4. The van der Waals surface area contributed by atoms with Gasteiger partial charge in [-0.15, -0.1) is 0 Å². The predicted octanol–water partition coefficient (Wildman–Crippen LogP) is 1.82. The van der Waals surface area contributed by atoms with E-state index in [1.165, 1.54) is 7.11 Å². The molecule has 0 aromatic heterocycles. The van der Waals surface area contributed by atoms with E-state index in [0.717, 1.165) is 12.1 Å². The highest BCUT2D eigenvalue weighted by Gasteiger charge is 2.36. The minimum Gasteiger partial charge on any atom is -0.467 e. The van der Waals surface area contributed by atoms with Gasteiger partial charge in [0.2, 0.25) is 0 Å². The van der Waals surface area contributed by atoms with Crippen molar-refractivity contribution in [3.05, 3.63) is 35.9 Å². The first-order chi connectivity index (χ1) is 9.05. The third-order valence-corrected chi connectivity index (χ3v) is 3.33. The molecular weight excluding hydrogens is 242 g/mol. The Morgan fingerprint density at radius 3 is 2.42 bits per heavy atom. The van der Waals surface area contributed by atoms with E-state index in [4.69, 9.17) is 0 Å². The fourth-order valence-electron chi connectivity index (χ4n) is 2.00. The van der Waals surface area contributed by atoms with Gasteiger partial charge in [0.15, 0.2) is 5.60 Å². The number of aliphatic hydroxyl groups is 1. The summed E-state index contributed by atoms with van der Waals surface area (Å²) >= 11 is 0. The summed E-state index contributed by atoms with van der Waals surface area (Å²) in [6, 6.07) is 10.00. The van der Waals surface area contributed by atoms with E-state index >= 15 is 0 Å². The summed E-state index contributed by atoms with van der Waals surface area (Å²) in [6.45, 7) is 5.54. The van der Waals surface area contributed by atoms with Crippen LogP contribution in [0, 0.1) is 0 Å². The van der Waals surface area contributed by atoms with Crippen molar-refractivity contribution in [3.63, 3.8) is 0 Å². The molecule has 19 heavy (non-hydrogen) atoms. The van der Waals surface area contributed by atoms with Crippen LogP contribution in [0.1, 0.15) is 25.8 Å². The van der Waals surface area contributed by atoms with Crippen LogP contribution in [0.3, 0.4) is 0 Å². The zero-order valence-electron chi connectivity index (χ0n) is 11.9. The van der Waals surface area contributed by atoms with Crippen LogP contribution in [0.5, 0.6) is 0 Å². The molecule has 0 aliphatic carbocycles. The zero-order chi connectivity index (χ0) is 14.3. The van der Waals surface area contributed by atoms with E-state index in [0.29, 0.717) is 13.0 Å². The summed E-state index contributed by atoms with van der Waals surface area (Å²) in [5.41, 5.74) is -0.271. The molecule has 0 bridgehead atoms. The largest absolute Gasteiger partial charge is 0.467 e. The van der Waals surface area contributed by atoms with E-state index in [-0.39, 0.29) is 6.54 Å². The van der Waals surface area contributed by atoms with E-state index in [1.807, 2.05) is 42.2 Å². The lowest BCUT2D eigenvalue weighted by molar-refractivity contribution is -0.165. The van der Waals surface area contributed by atoms with Gasteiger partial charge in [-0.1, -0.05) is 44.2 Å². The minimum absolute atomic E-state index is 0.279. The lowest BCUT2D eigenvalue weighted by Gasteiger charge is -2.30. The number of likely N-dealkylation sites (N-methyl/N-ethyl adjacent to an activating group) is 1. The molecule has 1 N–H and O–H groups in total. The van der Waals surface area contributed by atoms with Crippen LogP contribution < -0.4 is 0 Å². The standard InChI is InChI=1S/C15H23NO3/c1-4-15(18,14(17)19-3)12-16(5-2)11-13-9-7-6-8-10-13/h6-10,18H,4-5,11-12H2,1-3H3. The number of methoxy groups -OCH3 is 1. The summed E-state index contributed by atoms with van der Waals surface area (Å²) in [7, 11) is 1.30. The SMILES string of the molecule is CCN(Cc1ccccc1)CC(O)(CC)C(=O)OC. The molecular formula is C15H23NO3. The zero-order valence-corrected chi connectivity index (χ0v) is 11.9. The smallest absolute Gasteiger partial charge is 0.339 e. The van der Waals surface area contributed by atoms with Crippen molar-refractivity contribution in [1.29, 1.82) is 0 Å². The van der Waals surface area contributed by atoms with Crippen LogP contribution in [-0.2, 0) is 16.1 Å². The molecule has 0 fully saturated rings. The molecule has 0 spiro atoms. The van der Waals surface area contributed by atoms with E-state index in [2.05, 4.69) is 4.74 Å². The van der Waals surface area contributed by atoms with Gasteiger partial charge < -0.3 is 9.84 Å². The summed E-state index contributed by atoms with van der Waals surface area (Å²) in [5.74, 6) is -0.568. The Morgan fingerprint density at radius 1 is 1.32 bits per heavy atom. The van der Waals surface area contributed by atoms with Crippen molar-refractivity contribution in [1.82, 2.24) is 4.90 Å². The van der Waals surface area contributed by atoms with Crippen LogP contribution in [0.15, 0.2) is 30.3 Å². The van der Waals surface area contributed by atoms with E-state index < -0.39 is 11.6 Å². The number of hydrogen-bond donors (Lipinski definition) is 1. The summed E-state index contributed by atoms with van der Waals surface area (Å²) in [4.78, 5) is 13.7. The molecule has 1 aromatic rings. The number of carbonyl (C=O) groups is 1. The van der Waals surface area contributed by atoms with Crippen LogP contribution >= 0.6 is 0 Å². The molecule has 0 amide bonds. The second-order valence-corrected chi connectivity index (χ2v) is 4.67. The van der Waals surface area contributed by atoms with Crippen molar-refractivity contribution >= 4 is 5.97 Å². The van der Waals surface area contributed by atoms with Crippen molar-refractivity contribution in [2.45, 2.75) is 32.4 Å². The Bertz CT molecular complexity index is 394. The lowest BCUT2D eigenvalue weighted by atomic mass is 10.00.